The second-order valence-electron chi connectivity index (χ2n) is 5.63. The highest BCUT2D eigenvalue weighted by molar-refractivity contribution is 9.11. The Bertz CT molecular complexity index is 509. The SMILES string of the molecule is O=C(CCCc1ccc(Br)s1)NCC1(C(=O)O)CCCC1. The van der Waals surface area contributed by atoms with Gasteiger partial charge in [0.25, 0.3) is 0 Å². The van der Waals surface area contributed by atoms with Gasteiger partial charge in [-0.05, 0) is 53.7 Å². The number of carboxylic acids is 1. The molecule has 1 aliphatic carbocycles. The molecule has 1 aromatic heterocycles. The topological polar surface area (TPSA) is 66.4 Å². The zero-order valence-corrected chi connectivity index (χ0v) is 14.3. The van der Waals surface area contributed by atoms with E-state index in [0.29, 0.717) is 19.3 Å². The van der Waals surface area contributed by atoms with Gasteiger partial charge in [-0.25, -0.2) is 0 Å². The molecule has 0 aliphatic heterocycles. The van der Waals surface area contributed by atoms with Crippen LogP contribution in [0.5, 0.6) is 0 Å². The monoisotopic (exact) mass is 373 g/mol. The van der Waals surface area contributed by atoms with Gasteiger partial charge in [0.2, 0.25) is 5.91 Å². The predicted molar refractivity (Wildman–Crippen MR) is 86.5 cm³/mol. The molecule has 1 amide bonds. The van der Waals surface area contributed by atoms with Crippen LogP contribution in [0.15, 0.2) is 15.9 Å². The molecule has 1 saturated carbocycles. The Kier molecular flexibility index (Phi) is 5.81. The van der Waals surface area contributed by atoms with E-state index in [1.807, 2.05) is 6.07 Å². The number of carbonyl (C=O) groups is 2. The molecule has 4 nitrogen and oxygen atoms in total. The molecule has 116 valence electrons. The highest BCUT2D eigenvalue weighted by Crippen LogP contribution is 2.37. The van der Waals surface area contributed by atoms with Gasteiger partial charge in [0, 0.05) is 17.8 Å². The summed E-state index contributed by atoms with van der Waals surface area (Å²) in [5.41, 5.74) is -0.728. The van der Waals surface area contributed by atoms with Gasteiger partial charge >= 0.3 is 5.97 Å². The van der Waals surface area contributed by atoms with Crippen molar-refractivity contribution < 1.29 is 14.7 Å². The molecular weight excluding hydrogens is 354 g/mol. The van der Waals surface area contributed by atoms with Crippen molar-refractivity contribution in [3.63, 3.8) is 0 Å². The first kappa shape index (κ1) is 16.5. The van der Waals surface area contributed by atoms with Gasteiger partial charge in [-0.1, -0.05) is 12.8 Å². The number of halogens is 1. The summed E-state index contributed by atoms with van der Waals surface area (Å²) >= 11 is 5.10. The molecule has 21 heavy (non-hydrogen) atoms. The maximum Gasteiger partial charge on any atom is 0.311 e. The third kappa shape index (κ3) is 4.54. The maximum atomic E-state index is 11.9. The van der Waals surface area contributed by atoms with E-state index in [4.69, 9.17) is 0 Å². The largest absolute Gasteiger partial charge is 0.481 e. The zero-order chi connectivity index (χ0) is 15.3. The Morgan fingerprint density at radius 2 is 2.05 bits per heavy atom. The number of rotatable bonds is 7. The minimum atomic E-state index is -0.774. The lowest BCUT2D eigenvalue weighted by atomic mass is 9.86. The van der Waals surface area contributed by atoms with Gasteiger partial charge in [0.1, 0.15) is 0 Å². The minimum absolute atomic E-state index is 0.0434. The Morgan fingerprint density at radius 1 is 1.33 bits per heavy atom. The molecule has 6 heteroatoms. The molecule has 0 unspecified atom stereocenters. The van der Waals surface area contributed by atoms with Gasteiger partial charge < -0.3 is 10.4 Å². The summed E-state index contributed by atoms with van der Waals surface area (Å²) in [4.78, 5) is 24.5. The third-order valence-corrected chi connectivity index (χ3v) is 5.78. The number of hydrogen-bond donors (Lipinski definition) is 2. The second kappa shape index (κ2) is 7.40. The molecule has 0 spiro atoms. The highest BCUT2D eigenvalue weighted by Gasteiger charge is 2.41. The quantitative estimate of drug-likeness (QED) is 0.767. The minimum Gasteiger partial charge on any atom is -0.481 e. The summed E-state index contributed by atoms with van der Waals surface area (Å²) in [5.74, 6) is -0.818. The summed E-state index contributed by atoms with van der Waals surface area (Å²) in [5, 5.41) is 12.2. The summed E-state index contributed by atoms with van der Waals surface area (Å²) in [7, 11) is 0. The van der Waals surface area contributed by atoms with Gasteiger partial charge in [0.15, 0.2) is 0 Å². The van der Waals surface area contributed by atoms with Crippen LogP contribution in [-0.2, 0) is 16.0 Å². The van der Waals surface area contributed by atoms with E-state index in [1.54, 1.807) is 11.3 Å². The average molecular weight is 374 g/mol. The lowest BCUT2D eigenvalue weighted by Crippen LogP contribution is -2.41. The van der Waals surface area contributed by atoms with Crippen LogP contribution in [0.3, 0.4) is 0 Å². The van der Waals surface area contributed by atoms with Crippen molar-refractivity contribution in [2.75, 3.05) is 6.54 Å². The van der Waals surface area contributed by atoms with E-state index >= 15 is 0 Å². The van der Waals surface area contributed by atoms with Gasteiger partial charge in [-0.15, -0.1) is 11.3 Å². The number of aliphatic carboxylic acids is 1. The van der Waals surface area contributed by atoms with Crippen molar-refractivity contribution in [3.05, 3.63) is 20.8 Å². The van der Waals surface area contributed by atoms with E-state index in [1.165, 1.54) is 4.88 Å². The Balaban J connectivity index is 1.71. The molecule has 0 atom stereocenters. The van der Waals surface area contributed by atoms with Crippen molar-refractivity contribution in [2.45, 2.75) is 44.9 Å². The van der Waals surface area contributed by atoms with Crippen LogP contribution in [0, 0.1) is 5.41 Å². The van der Waals surface area contributed by atoms with Crippen LogP contribution in [0.25, 0.3) is 0 Å². The van der Waals surface area contributed by atoms with Crippen LogP contribution >= 0.6 is 27.3 Å². The predicted octanol–water partition coefficient (Wildman–Crippen LogP) is 3.59. The van der Waals surface area contributed by atoms with Crippen molar-refractivity contribution >= 4 is 39.1 Å². The smallest absolute Gasteiger partial charge is 0.311 e. The summed E-state index contributed by atoms with van der Waals surface area (Å²) < 4.78 is 1.10. The van der Waals surface area contributed by atoms with Crippen LogP contribution in [0.4, 0.5) is 0 Å². The van der Waals surface area contributed by atoms with Gasteiger partial charge in [-0.2, -0.15) is 0 Å². The van der Waals surface area contributed by atoms with Crippen molar-refractivity contribution in [1.29, 1.82) is 0 Å². The van der Waals surface area contributed by atoms with Crippen LogP contribution < -0.4 is 5.32 Å². The van der Waals surface area contributed by atoms with E-state index in [2.05, 4.69) is 27.3 Å². The zero-order valence-electron chi connectivity index (χ0n) is 11.9. The molecule has 2 rings (SSSR count). The summed E-state index contributed by atoms with van der Waals surface area (Å²) in [6.45, 7) is 0.270. The van der Waals surface area contributed by atoms with E-state index in [9.17, 15) is 14.7 Å². The maximum absolute atomic E-state index is 11.9. The molecule has 1 fully saturated rings. The van der Waals surface area contributed by atoms with Gasteiger partial charge in [0.05, 0.1) is 9.20 Å². The summed E-state index contributed by atoms with van der Waals surface area (Å²) in [6.07, 6.45) is 5.35. The number of carbonyl (C=O) groups excluding carboxylic acids is 1. The molecule has 0 aromatic carbocycles. The fourth-order valence-corrected chi connectivity index (χ4v) is 4.31. The fourth-order valence-electron chi connectivity index (χ4n) is 2.78. The molecule has 0 radical (unpaired) electrons. The molecule has 1 aliphatic rings. The molecule has 2 N–H and O–H groups in total. The first-order valence-electron chi connectivity index (χ1n) is 7.26. The number of amides is 1. The van der Waals surface area contributed by atoms with E-state index in [0.717, 1.165) is 29.5 Å². The normalized spacial score (nSPS) is 16.8. The molecule has 1 heterocycles. The van der Waals surface area contributed by atoms with Crippen molar-refractivity contribution in [2.24, 2.45) is 5.41 Å². The van der Waals surface area contributed by atoms with Crippen molar-refractivity contribution in [3.8, 4) is 0 Å². The number of nitrogens with one attached hydrogen (secondary N) is 1. The van der Waals surface area contributed by atoms with Crippen LogP contribution in [0.2, 0.25) is 0 Å². The Labute approximate surface area is 137 Å². The number of aryl methyl sites for hydroxylation is 1. The molecule has 0 bridgehead atoms. The molecule has 1 aromatic rings. The standard InChI is InChI=1S/C15H20BrNO3S/c16-12-7-6-11(21-12)4-3-5-13(18)17-10-15(14(19)20)8-1-2-9-15/h6-7H,1-5,8-10H2,(H,17,18)(H,19,20). The first-order valence-corrected chi connectivity index (χ1v) is 8.87. The lowest BCUT2D eigenvalue weighted by Gasteiger charge is -2.23. The first-order chi connectivity index (χ1) is 10.0. The lowest BCUT2D eigenvalue weighted by molar-refractivity contribution is -0.148. The fraction of sp³-hybridized carbons (Fsp3) is 0.600. The molecule has 0 saturated heterocycles. The van der Waals surface area contributed by atoms with Crippen molar-refractivity contribution in [1.82, 2.24) is 5.32 Å². The number of hydrogen-bond acceptors (Lipinski definition) is 3. The second-order valence-corrected chi connectivity index (χ2v) is 8.18. The van der Waals surface area contributed by atoms with Crippen LogP contribution in [-0.4, -0.2) is 23.5 Å². The average Bonchev–Trinajstić information content (AvgIpc) is 3.06. The summed E-state index contributed by atoms with van der Waals surface area (Å²) in [6, 6.07) is 4.07. The van der Waals surface area contributed by atoms with Crippen LogP contribution in [0.1, 0.15) is 43.4 Å². The Hall–Kier alpha value is -0.880. The van der Waals surface area contributed by atoms with Gasteiger partial charge in [-0.3, -0.25) is 9.59 Å². The number of carboxylic acid groups (broad SMARTS) is 1. The third-order valence-electron chi connectivity index (χ3n) is 4.09. The van der Waals surface area contributed by atoms with E-state index < -0.39 is 11.4 Å². The molecular formula is C15H20BrNO3S. The highest BCUT2D eigenvalue weighted by atomic mass is 79.9. The number of thiophene rings is 1. The van der Waals surface area contributed by atoms with E-state index in [-0.39, 0.29) is 12.5 Å². The Morgan fingerprint density at radius 3 is 2.62 bits per heavy atom.